The van der Waals surface area contributed by atoms with Gasteiger partial charge in [0.25, 0.3) is 0 Å². The summed E-state index contributed by atoms with van der Waals surface area (Å²) in [5.74, 6) is 2.67. The number of nitrogens with zero attached hydrogens (tertiary/aromatic N) is 6. The SMILES string of the molecule is C=CC(=O)N1CC=C(c2ccc3ncnc(Nc4ccc(Oc5ccn6ncnc6c5)c(C)c4)c3c2OC)CC1. The van der Waals surface area contributed by atoms with E-state index in [2.05, 4.69) is 38.0 Å². The van der Waals surface area contributed by atoms with Crippen LogP contribution in [0.3, 0.4) is 0 Å². The molecule has 6 rings (SSSR count). The lowest BCUT2D eigenvalue weighted by atomic mass is 9.96. The minimum absolute atomic E-state index is 0.0660. The number of aryl methyl sites for hydroxylation is 1. The van der Waals surface area contributed by atoms with Crippen molar-refractivity contribution in [2.75, 3.05) is 25.5 Å². The van der Waals surface area contributed by atoms with Crippen molar-refractivity contribution in [2.45, 2.75) is 13.3 Å². The number of amides is 1. The molecule has 10 heteroatoms. The molecule has 1 aliphatic rings. The molecule has 0 aliphatic carbocycles. The summed E-state index contributed by atoms with van der Waals surface area (Å²) in [6.07, 6.45) is 8.98. The van der Waals surface area contributed by atoms with E-state index in [9.17, 15) is 4.79 Å². The molecule has 0 unspecified atom stereocenters. The van der Waals surface area contributed by atoms with Crippen LogP contribution in [0.1, 0.15) is 17.5 Å². The molecule has 40 heavy (non-hydrogen) atoms. The van der Waals surface area contributed by atoms with Crippen LogP contribution in [-0.4, -0.2) is 55.6 Å². The number of fused-ring (bicyclic) bond motifs is 2. The molecule has 0 radical (unpaired) electrons. The quantitative estimate of drug-likeness (QED) is 0.280. The number of ether oxygens (including phenoxy) is 2. The number of carbonyl (C=O) groups excluding carboxylic acids is 1. The third kappa shape index (κ3) is 4.71. The van der Waals surface area contributed by atoms with E-state index in [1.54, 1.807) is 16.5 Å². The number of carbonyl (C=O) groups is 1. The summed E-state index contributed by atoms with van der Waals surface area (Å²) in [6.45, 7) is 6.73. The second-order valence-corrected chi connectivity index (χ2v) is 9.36. The van der Waals surface area contributed by atoms with Gasteiger partial charge < -0.3 is 19.7 Å². The number of nitrogens with one attached hydrogen (secondary N) is 1. The fourth-order valence-electron chi connectivity index (χ4n) is 4.89. The Hall–Kier alpha value is -5.25. The van der Waals surface area contributed by atoms with Crippen molar-refractivity contribution in [3.05, 3.63) is 91.2 Å². The van der Waals surface area contributed by atoms with Crippen molar-refractivity contribution in [1.82, 2.24) is 29.5 Å². The van der Waals surface area contributed by atoms with Gasteiger partial charge in [0.05, 0.1) is 18.0 Å². The first-order valence-electron chi connectivity index (χ1n) is 12.8. The largest absolute Gasteiger partial charge is 0.495 e. The number of benzene rings is 2. The topological polar surface area (TPSA) is 107 Å². The summed E-state index contributed by atoms with van der Waals surface area (Å²) in [5.41, 5.74) is 5.35. The van der Waals surface area contributed by atoms with Crippen LogP contribution in [0.4, 0.5) is 11.5 Å². The van der Waals surface area contributed by atoms with Crippen molar-refractivity contribution in [2.24, 2.45) is 0 Å². The van der Waals surface area contributed by atoms with Crippen molar-refractivity contribution in [3.8, 4) is 17.2 Å². The molecule has 0 fully saturated rings. The Bertz CT molecular complexity index is 1790. The van der Waals surface area contributed by atoms with Gasteiger partial charge in [-0.1, -0.05) is 12.7 Å². The zero-order valence-corrected chi connectivity index (χ0v) is 22.2. The Kier molecular flexibility index (Phi) is 6.57. The minimum atomic E-state index is -0.0660. The highest BCUT2D eigenvalue weighted by Crippen LogP contribution is 2.39. The molecule has 0 saturated heterocycles. The Labute approximate surface area is 230 Å². The van der Waals surface area contributed by atoms with E-state index in [-0.39, 0.29) is 5.91 Å². The Morgan fingerprint density at radius 3 is 2.77 bits per heavy atom. The third-order valence-corrected chi connectivity index (χ3v) is 6.92. The first kappa shape index (κ1) is 25.1. The number of methoxy groups -OCH3 is 1. The normalized spacial score (nSPS) is 13.2. The fourth-order valence-corrected chi connectivity index (χ4v) is 4.89. The lowest BCUT2D eigenvalue weighted by Crippen LogP contribution is -2.33. The molecule has 4 heterocycles. The molecular weight excluding hydrogens is 506 g/mol. The maximum atomic E-state index is 12.0. The van der Waals surface area contributed by atoms with Crippen molar-refractivity contribution < 1.29 is 14.3 Å². The van der Waals surface area contributed by atoms with Crippen LogP contribution >= 0.6 is 0 Å². The summed E-state index contributed by atoms with van der Waals surface area (Å²) in [7, 11) is 1.65. The van der Waals surface area contributed by atoms with Gasteiger partial charge in [0.15, 0.2) is 5.65 Å². The molecule has 0 atom stereocenters. The number of rotatable bonds is 7. The number of hydrogen-bond donors (Lipinski definition) is 1. The van der Waals surface area contributed by atoms with Crippen LogP contribution in [0.25, 0.3) is 22.1 Å². The van der Waals surface area contributed by atoms with Crippen LogP contribution in [0.2, 0.25) is 0 Å². The van der Waals surface area contributed by atoms with Crippen molar-refractivity contribution in [3.63, 3.8) is 0 Å². The smallest absolute Gasteiger partial charge is 0.246 e. The van der Waals surface area contributed by atoms with E-state index in [1.807, 2.05) is 55.6 Å². The van der Waals surface area contributed by atoms with E-state index in [1.165, 1.54) is 18.7 Å². The van der Waals surface area contributed by atoms with E-state index in [0.29, 0.717) is 42.5 Å². The highest BCUT2D eigenvalue weighted by atomic mass is 16.5. The highest BCUT2D eigenvalue weighted by molar-refractivity contribution is 5.99. The van der Waals surface area contributed by atoms with Gasteiger partial charge in [0.2, 0.25) is 5.91 Å². The molecule has 0 saturated carbocycles. The highest BCUT2D eigenvalue weighted by Gasteiger charge is 2.21. The van der Waals surface area contributed by atoms with Gasteiger partial charge in [-0.25, -0.2) is 19.5 Å². The lowest BCUT2D eigenvalue weighted by Gasteiger charge is -2.26. The molecule has 5 aromatic rings. The number of pyridine rings is 1. The van der Waals surface area contributed by atoms with E-state index >= 15 is 0 Å². The van der Waals surface area contributed by atoms with Gasteiger partial charge in [0, 0.05) is 36.6 Å². The van der Waals surface area contributed by atoms with Gasteiger partial charge in [0.1, 0.15) is 35.7 Å². The zero-order valence-electron chi connectivity index (χ0n) is 22.2. The molecule has 10 nitrogen and oxygen atoms in total. The third-order valence-electron chi connectivity index (χ3n) is 6.92. The van der Waals surface area contributed by atoms with E-state index in [0.717, 1.165) is 39.0 Å². The summed E-state index contributed by atoms with van der Waals surface area (Å²) in [6, 6.07) is 13.5. The molecule has 2 aromatic carbocycles. The Balaban J connectivity index is 1.29. The molecule has 3 aromatic heterocycles. The maximum Gasteiger partial charge on any atom is 0.246 e. The van der Waals surface area contributed by atoms with Crippen molar-refractivity contribution in [1.29, 1.82) is 0 Å². The fraction of sp³-hybridized carbons (Fsp3) is 0.167. The van der Waals surface area contributed by atoms with Crippen LogP contribution in [0.15, 0.2) is 80.0 Å². The zero-order chi connectivity index (χ0) is 27.6. The molecule has 1 aliphatic heterocycles. The summed E-state index contributed by atoms with van der Waals surface area (Å²) >= 11 is 0. The lowest BCUT2D eigenvalue weighted by molar-refractivity contribution is -0.125. The summed E-state index contributed by atoms with van der Waals surface area (Å²) in [5, 5.41) is 8.34. The number of hydrogen-bond acceptors (Lipinski definition) is 8. The van der Waals surface area contributed by atoms with Crippen molar-refractivity contribution >= 4 is 39.5 Å². The molecule has 200 valence electrons. The van der Waals surface area contributed by atoms with Gasteiger partial charge in [-0.3, -0.25) is 4.79 Å². The molecular formula is C30H27N7O3. The second-order valence-electron chi connectivity index (χ2n) is 9.36. The van der Waals surface area contributed by atoms with Crippen LogP contribution in [-0.2, 0) is 4.79 Å². The molecule has 1 N–H and O–H groups in total. The van der Waals surface area contributed by atoms with Crippen LogP contribution in [0, 0.1) is 6.92 Å². The predicted octanol–water partition coefficient (Wildman–Crippen LogP) is 5.33. The maximum absolute atomic E-state index is 12.0. The van der Waals surface area contributed by atoms with Crippen LogP contribution < -0.4 is 14.8 Å². The number of anilines is 2. The predicted molar refractivity (Wildman–Crippen MR) is 153 cm³/mol. The van der Waals surface area contributed by atoms with Crippen LogP contribution in [0.5, 0.6) is 17.2 Å². The average molecular weight is 534 g/mol. The molecule has 0 bridgehead atoms. The summed E-state index contributed by atoms with van der Waals surface area (Å²) < 4.78 is 13.7. The second kappa shape index (κ2) is 10.5. The monoisotopic (exact) mass is 533 g/mol. The standard InChI is InChI=1S/C30H27N7O3/c1-4-27(38)36-12-9-20(10-13-36)23-6-7-24-28(29(23)39-3)30(33-17-31-24)35-21-5-8-25(19(2)15-21)40-22-11-14-37-26(16-22)32-18-34-37/h4-9,11,14-18H,1,10,12-13H2,2-3H3,(H,31,33,35). The van der Waals surface area contributed by atoms with Gasteiger partial charge in [-0.15, -0.1) is 0 Å². The summed E-state index contributed by atoms with van der Waals surface area (Å²) in [4.78, 5) is 27.0. The Morgan fingerprint density at radius 1 is 1.10 bits per heavy atom. The minimum Gasteiger partial charge on any atom is -0.495 e. The van der Waals surface area contributed by atoms with Gasteiger partial charge in [-0.05, 0) is 67.0 Å². The van der Waals surface area contributed by atoms with Gasteiger partial charge in [-0.2, -0.15) is 5.10 Å². The first-order valence-corrected chi connectivity index (χ1v) is 12.8. The van der Waals surface area contributed by atoms with E-state index in [4.69, 9.17) is 9.47 Å². The Morgan fingerprint density at radius 2 is 2.00 bits per heavy atom. The molecule has 0 spiro atoms. The van der Waals surface area contributed by atoms with Gasteiger partial charge >= 0.3 is 0 Å². The molecule has 1 amide bonds. The van der Waals surface area contributed by atoms with E-state index < -0.39 is 0 Å². The first-order chi connectivity index (χ1) is 19.5. The average Bonchev–Trinajstić information content (AvgIpc) is 3.46. The number of aromatic nitrogens is 5.